The monoisotopic (exact) mass is 278 g/mol. The lowest BCUT2D eigenvalue weighted by molar-refractivity contribution is -0.150. The molecule has 110 valence electrons. The van der Waals surface area contributed by atoms with Crippen LogP contribution < -0.4 is 9.64 Å². The molecule has 0 bridgehead atoms. The number of aromatic nitrogens is 1. The molecule has 0 aliphatic carbocycles. The van der Waals surface area contributed by atoms with E-state index < -0.39 is 11.4 Å². The van der Waals surface area contributed by atoms with Crippen molar-refractivity contribution < 1.29 is 14.6 Å². The zero-order valence-corrected chi connectivity index (χ0v) is 12.1. The Kier molecular flexibility index (Phi) is 4.47. The molecule has 0 amide bonds. The molecule has 5 nitrogen and oxygen atoms in total. The van der Waals surface area contributed by atoms with Crippen LogP contribution in [0.2, 0.25) is 0 Å². The summed E-state index contributed by atoms with van der Waals surface area (Å²) in [6, 6.07) is 3.84. The van der Waals surface area contributed by atoms with Gasteiger partial charge in [-0.3, -0.25) is 4.79 Å². The molecule has 0 spiro atoms. The Bertz CT molecular complexity index is 468. The molecule has 1 N–H and O–H groups in total. The number of pyridine rings is 1. The lowest BCUT2D eigenvalue weighted by atomic mass is 9.75. The maximum absolute atomic E-state index is 11.6. The Hall–Kier alpha value is -1.78. The van der Waals surface area contributed by atoms with Crippen molar-refractivity contribution in [1.82, 2.24) is 4.98 Å². The van der Waals surface area contributed by atoms with Crippen molar-refractivity contribution in [2.75, 3.05) is 25.1 Å². The van der Waals surface area contributed by atoms with E-state index in [4.69, 9.17) is 4.74 Å². The Morgan fingerprint density at radius 2 is 2.20 bits per heavy atom. The number of carboxylic acids is 1. The summed E-state index contributed by atoms with van der Waals surface area (Å²) in [5.41, 5.74) is 0.509. The molecule has 5 heteroatoms. The number of carboxylic acid groups (broad SMARTS) is 1. The molecule has 0 unspecified atom stereocenters. The molecule has 1 aromatic rings. The van der Waals surface area contributed by atoms with Crippen LogP contribution in [0.1, 0.15) is 32.6 Å². The molecule has 0 aromatic carbocycles. The summed E-state index contributed by atoms with van der Waals surface area (Å²) in [5.74, 6) is -0.0579. The Morgan fingerprint density at radius 3 is 2.75 bits per heavy atom. The first-order chi connectivity index (χ1) is 9.61. The fourth-order valence-corrected chi connectivity index (χ4v) is 2.95. The van der Waals surface area contributed by atoms with Crippen molar-refractivity contribution in [1.29, 1.82) is 0 Å². The van der Waals surface area contributed by atoms with E-state index in [1.165, 1.54) is 0 Å². The van der Waals surface area contributed by atoms with Crippen molar-refractivity contribution >= 4 is 11.7 Å². The summed E-state index contributed by atoms with van der Waals surface area (Å²) in [6.45, 7) is 3.57. The van der Waals surface area contributed by atoms with Gasteiger partial charge >= 0.3 is 5.97 Å². The van der Waals surface area contributed by atoms with Gasteiger partial charge in [0.15, 0.2) is 0 Å². The molecule has 0 saturated carbocycles. The number of hydrogen-bond acceptors (Lipinski definition) is 4. The molecule has 1 aromatic heterocycles. The van der Waals surface area contributed by atoms with Gasteiger partial charge in [-0.1, -0.05) is 13.3 Å². The zero-order valence-electron chi connectivity index (χ0n) is 12.1. The SMILES string of the molecule is CCCC1(C(=O)O)CCN(c2ccnc(OC)c2)CC1. The number of hydrogen-bond donors (Lipinski definition) is 1. The first-order valence-corrected chi connectivity index (χ1v) is 7.10. The van der Waals surface area contributed by atoms with E-state index in [1.54, 1.807) is 13.3 Å². The third-order valence-corrected chi connectivity index (χ3v) is 4.20. The maximum atomic E-state index is 11.6. The van der Waals surface area contributed by atoms with Gasteiger partial charge in [0.25, 0.3) is 0 Å². The minimum Gasteiger partial charge on any atom is -0.481 e. The summed E-state index contributed by atoms with van der Waals surface area (Å²) in [4.78, 5) is 17.9. The van der Waals surface area contributed by atoms with Gasteiger partial charge < -0.3 is 14.7 Å². The first kappa shape index (κ1) is 14.6. The number of ether oxygens (including phenoxy) is 1. The highest BCUT2D eigenvalue weighted by Crippen LogP contribution is 2.38. The van der Waals surface area contributed by atoms with Crippen molar-refractivity contribution in [3.8, 4) is 5.88 Å². The van der Waals surface area contributed by atoms with Crippen LogP contribution in [0.4, 0.5) is 5.69 Å². The van der Waals surface area contributed by atoms with Crippen molar-refractivity contribution in [3.05, 3.63) is 18.3 Å². The predicted molar refractivity (Wildman–Crippen MR) is 77.2 cm³/mol. The number of aliphatic carboxylic acids is 1. The number of nitrogens with zero attached hydrogens (tertiary/aromatic N) is 2. The van der Waals surface area contributed by atoms with Gasteiger partial charge in [-0.25, -0.2) is 4.98 Å². The summed E-state index contributed by atoms with van der Waals surface area (Å²) < 4.78 is 5.13. The highest BCUT2D eigenvalue weighted by molar-refractivity contribution is 5.75. The summed E-state index contributed by atoms with van der Waals surface area (Å²) in [5, 5.41) is 9.51. The number of anilines is 1. The lowest BCUT2D eigenvalue weighted by Crippen LogP contribution is -2.44. The van der Waals surface area contributed by atoms with Gasteiger partial charge in [0, 0.05) is 31.0 Å². The van der Waals surface area contributed by atoms with E-state index in [9.17, 15) is 9.90 Å². The highest BCUT2D eigenvalue weighted by Gasteiger charge is 2.40. The number of methoxy groups -OCH3 is 1. The summed E-state index contributed by atoms with van der Waals surface area (Å²) in [6.07, 6.45) is 4.78. The molecule has 20 heavy (non-hydrogen) atoms. The van der Waals surface area contributed by atoms with E-state index in [0.29, 0.717) is 18.7 Å². The fraction of sp³-hybridized carbons (Fsp3) is 0.600. The van der Waals surface area contributed by atoms with Crippen LogP contribution in [0.3, 0.4) is 0 Å². The van der Waals surface area contributed by atoms with Gasteiger partial charge in [-0.2, -0.15) is 0 Å². The number of rotatable bonds is 5. The molecule has 2 heterocycles. The Labute approximate surface area is 119 Å². The maximum Gasteiger partial charge on any atom is 0.309 e. The van der Waals surface area contributed by atoms with Crippen LogP contribution in [-0.2, 0) is 4.79 Å². The topological polar surface area (TPSA) is 62.7 Å². The van der Waals surface area contributed by atoms with Crippen LogP contribution in [0.15, 0.2) is 18.3 Å². The average molecular weight is 278 g/mol. The Balaban J connectivity index is 2.08. The third-order valence-electron chi connectivity index (χ3n) is 4.20. The average Bonchev–Trinajstić information content (AvgIpc) is 2.48. The van der Waals surface area contributed by atoms with Crippen LogP contribution in [0, 0.1) is 5.41 Å². The van der Waals surface area contributed by atoms with Crippen molar-refractivity contribution in [2.45, 2.75) is 32.6 Å². The molecule has 0 atom stereocenters. The van der Waals surface area contributed by atoms with E-state index in [2.05, 4.69) is 9.88 Å². The Morgan fingerprint density at radius 1 is 1.50 bits per heavy atom. The smallest absolute Gasteiger partial charge is 0.309 e. The highest BCUT2D eigenvalue weighted by atomic mass is 16.5. The van der Waals surface area contributed by atoms with Gasteiger partial charge in [0.2, 0.25) is 5.88 Å². The fourth-order valence-electron chi connectivity index (χ4n) is 2.95. The second kappa shape index (κ2) is 6.11. The first-order valence-electron chi connectivity index (χ1n) is 7.10. The van der Waals surface area contributed by atoms with Gasteiger partial charge in [0.1, 0.15) is 0 Å². The molecule has 1 saturated heterocycles. The number of piperidine rings is 1. The standard InChI is InChI=1S/C15H22N2O3/c1-3-5-15(14(18)19)6-9-17(10-7-15)12-4-8-16-13(11-12)20-2/h4,8,11H,3,5-7,9-10H2,1-2H3,(H,18,19). The van der Waals surface area contributed by atoms with Crippen LogP contribution in [-0.4, -0.2) is 36.3 Å². The van der Waals surface area contributed by atoms with Gasteiger partial charge in [0.05, 0.1) is 12.5 Å². The van der Waals surface area contributed by atoms with E-state index in [0.717, 1.165) is 31.6 Å². The van der Waals surface area contributed by atoms with Crippen LogP contribution in [0.5, 0.6) is 5.88 Å². The van der Waals surface area contributed by atoms with Gasteiger partial charge in [-0.15, -0.1) is 0 Å². The summed E-state index contributed by atoms with van der Waals surface area (Å²) in [7, 11) is 1.60. The minimum absolute atomic E-state index is 0.539. The molecule has 1 aliphatic rings. The molecular weight excluding hydrogens is 256 g/mol. The largest absolute Gasteiger partial charge is 0.481 e. The molecule has 2 rings (SSSR count). The van der Waals surface area contributed by atoms with Crippen molar-refractivity contribution in [3.63, 3.8) is 0 Å². The number of carbonyl (C=O) groups is 1. The normalized spacial score (nSPS) is 17.8. The molecule has 1 aliphatic heterocycles. The quantitative estimate of drug-likeness (QED) is 0.897. The van der Waals surface area contributed by atoms with Crippen LogP contribution >= 0.6 is 0 Å². The van der Waals surface area contributed by atoms with Crippen LogP contribution in [0.25, 0.3) is 0 Å². The van der Waals surface area contributed by atoms with E-state index in [1.807, 2.05) is 19.1 Å². The predicted octanol–water partition coefficient (Wildman–Crippen LogP) is 2.56. The lowest BCUT2D eigenvalue weighted by Gasteiger charge is -2.39. The third kappa shape index (κ3) is 2.86. The minimum atomic E-state index is -0.647. The van der Waals surface area contributed by atoms with Gasteiger partial charge in [-0.05, 0) is 25.3 Å². The second-order valence-corrected chi connectivity index (χ2v) is 5.38. The second-order valence-electron chi connectivity index (χ2n) is 5.38. The van der Waals surface area contributed by atoms with E-state index >= 15 is 0 Å². The van der Waals surface area contributed by atoms with Crippen molar-refractivity contribution in [2.24, 2.45) is 5.41 Å². The molecule has 1 fully saturated rings. The molecule has 0 radical (unpaired) electrons. The summed E-state index contributed by atoms with van der Waals surface area (Å²) >= 11 is 0. The molecular formula is C15H22N2O3. The zero-order chi connectivity index (χ0) is 14.6. The van der Waals surface area contributed by atoms with E-state index in [-0.39, 0.29) is 0 Å².